The molecule has 0 saturated carbocycles. The average molecular weight is 497 g/mol. The molecular formula is C27H36N4O3S. The molecule has 2 heterocycles. The first-order valence-corrected chi connectivity index (χ1v) is 12.7. The maximum atomic E-state index is 13.4. The van der Waals surface area contributed by atoms with Gasteiger partial charge < -0.3 is 10.6 Å². The molecule has 188 valence electrons. The van der Waals surface area contributed by atoms with Crippen LogP contribution in [0.1, 0.15) is 71.7 Å². The van der Waals surface area contributed by atoms with Gasteiger partial charge in [0.1, 0.15) is 5.70 Å². The Morgan fingerprint density at radius 3 is 2.31 bits per heavy atom. The van der Waals surface area contributed by atoms with Crippen LogP contribution in [0.2, 0.25) is 0 Å². The number of thiazole rings is 1. The molecule has 1 aromatic carbocycles. The number of carbonyl (C=O) groups excluding carboxylic acids is 3. The van der Waals surface area contributed by atoms with Crippen molar-refractivity contribution in [2.75, 3.05) is 6.67 Å². The Kier molecular flexibility index (Phi) is 7.84. The van der Waals surface area contributed by atoms with Crippen molar-refractivity contribution in [1.82, 2.24) is 20.5 Å². The van der Waals surface area contributed by atoms with E-state index in [1.54, 1.807) is 11.3 Å². The zero-order valence-corrected chi connectivity index (χ0v) is 22.5. The number of nitrogens with one attached hydrogen (secondary N) is 2. The van der Waals surface area contributed by atoms with Crippen LogP contribution in [-0.2, 0) is 14.4 Å². The molecule has 0 bridgehead atoms. The van der Waals surface area contributed by atoms with Crippen LogP contribution in [-0.4, -0.2) is 34.3 Å². The molecule has 0 radical (unpaired) electrons. The van der Waals surface area contributed by atoms with Gasteiger partial charge in [-0.2, -0.15) is 0 Å². The normalized spacial score (nSPS) is 15.3. The summed E-state index contributed by atoms with van der Waals surface area (Å²) in [6.07, 6.45) is 2.16. The highest BCUT2D eigenvalue weighted by Crippen LogP contribution is 2.33. The summed E-state index contributed by atoms with van der Waals surface area (Å²) in [4.78, 5) is 45.3. The second-order valence-corrected chi connectivity index (χ2v) is 12.3. The van der Waals surface area contributed by atoms with Gasteiger partial charge in [-0.05, 0) is 35.3 Å². The number of nitrogens with zero attached hydrogens (tertiary/aromatic N) is 2. The number of hydrogen-bond donors (Lipinski definition) is 2. The minimum Gasteiger partial charge on any atom is -0.344 e. The zero-order chi connectivity index (χ0) is 26.0. The molecule has 8 heteroatoms. The van der Waals surface area contributed by atoms with E-state index in [1.165, 1.54) is 11.0 Å². The fourth-order valence-corrected chi connectivity index (χ4v) is 4.81. The molecule has 2 aromatic rings. The summed E-state index contributed by atoms with van der Waals surface area (Å²) >= 11 is 1.60. The van der Waals surface area contributed by atoms with Gasteiger partial charge in [0.2, 0.25) is 11.8 Å². The highest BCUT2D eigenvalue weighted by atomic mass is 32.1. The van der Waals surface area contributed by atoms with Crippen LogP contribution < -0.4 is 10.6 Å². The number of carbonyl (C=O) groups is 3. The summed E-state index contributed by atoms with van der Waals surface area (Å²) in [5.41, 5.74) is 4.65. The Hall–Kier alpha value is -3.00. The van der Waals surface area contributed by atoms with E-state index >= 15 is 0 Å². The molecule has 0 aliphatic carbocycles. The average Bonchev–Trinajstić information content (AvgIpc) is 3.17. The highest BCUT2D eigenvalue weighted by molar-refractivity contribution is 7.13. The SMILES string of the molecule is Cc1ncsc1-c1ccc(C(CC(C)(C)C)NC(=O)C2=CC(=O)NCN2C(=O)CC(C)(C)C)cc1. The first kappa shape index (κ1) is 26.6. The van der Waals surface area contributed by atoms with E-state index in [2.05, 4.69) is 36.4 Å². The molecular weight excluding hydrogens is 460 g/mol. The summed E-state index contributed by atoms with van der Waals surface area (Å²) in [6.45, 7) is 14.2. The van der Waals surface area contributed by atoms with E-state index in [-0.39, 0.29) is 47.5 Å². The van der Waals surface area contributed by atoms with Crippen LogP contribution in [0.4, 0.5) is 0 Å². The van der Waals surface area contributed by atoms with Crippen molar-refractivity contribution in [3.05, 3.63) is 52.8 Å². The molecule has 1 aliphatic heterocycles. The number of rotatable bonds is 6. The fourth-order valence-electron chi connectivity index (χ4n) is 4.00. The van der Waals surface area contributed by atoms with Crippen LogP contribution in [0.25, 0.3) is 10.4 Å². The third-order valence-electron chi connectivity index (χ3n) is 5.63. The second-order valence-electron chi connectivity index (χ2n) is 11.5. The molecule has 3 amide bonds. The first-order chi connectivity index (χ1) is 16.2. The van der Waals surface area contributed by atoms with Crippen LogP contribution in [0.3, 0.4) is 0 Å². The van der Waals surface area contributed by atoms with Gasteiger partial charge in [0.05, 0.1) is 28.8 Å². The lowest BCUT2D eigenvalue weighted by molar-refractivity contribution is -0.136. The van der Waals surface area contributed by atoms with Gasteiger partial charge >= 0.3 is 0 Å². The van der Waals surface area contributed by atoms with Crippen molar-refractivity contribution in [1.29, 1.82) is 0 Å². The number of amides is 3. The van der Waals surface area contributed by atoms with Crippen LogP contribution in [0.15, 0.2) is 41.5 Å². The third-order valence-corrected chi connectivity index (χ3v) is 6.61. The molecule has 0 fully saturated rings. The van der Waals surface area contributed by atoms with Crippen molar-refractivity contribution in [3.8, 4) is 10.4 Å². The molecule has 1 atom stereocenters. The Labute approximate surface area is 212 Å². The Morgan fingerprint density at radius 1 is 1.11 bits per heavy atom. The monoisotopic (exact) mass is 496 g/mol. The molecule has 0 saturated heterocycles. The maximum Gasteiger partial charge on any atom is 0.268 e. The van der Waals surface area contributed by atoms with Crippen LogP contribution in [0.5, 0.6) is 0 Å². The van der Waals surface area contributed by atoms with Crippen molar-refractivity contribution < 1.29 is 14.4 Å². The molecule has 1 unspecified atom stereocenters. The number of benzene rings is 1. The number of aromatic nitrogens is 1. The summed E-state index contributed by atoms with van der Waals surface area (Å²) in [6, 6.07) is 7.85. The smallest absolute Gasteiger partial charge is 0.268 e. The van der Waals surface area contributed by atoms with Crippen molar-refractivity contribution in [2.45, 2.75) is 67.3 Å². The standard InChI is InChI=1S/C27H36N4O3S/c1-17-24(35-16-29-17)19-10-8-18(9-11-19)20(13-26(2,3)4)30-25(34)21-12-22(32)28-15-31(21)23(33)14-27(5,6)7/h8-12,16,20H,13-15H2,1-7H3,(H,28,32)(H,30,34). The topological polar surface area (TPSA) is 91.4 Å². The van der Waals surface area contributed by atoms with Crippen LogP contribution >= 0.6 is 11.3 Å². The van der Waals surface area contributed by atoms with Crippen molar-refractivity contribution in [3.63, 3.8) is 0 Å². The third kappa shape index (κ3) is 7.24. The van der Waals surface area contributed by atoms with E-state index < -0.39 is 5.91 Å². The van der Waals surface area contributed by atoms with Crippen molar-refractivity contribution >= 4 is 29.1 Å². The van der Waals surface area contributed by atoms with Gasteiger partial charge in [0, 0.05) is 12.5 Å². The summed E-state index contributed by atoms with van der Waals surface area (Å²) in [5.74, 6) is -1.01. The van der Waals surface area contributed by atoms with Gasteiger partial charge in [-0.15, -0.1) is 11.3 Å². The van der Waals surface area contributed by atoms with Gasteiger partial charge in [0.25, 0.3) is 5.91 Å². The zero-order valence-electron chi connectivity index (χ0n) is 21.7. The molecule has 2 N–H and O–H groups in total. The van der Waals surface area contributed by atoms with Gasteiger partial charge in [-0.3, -0.25) is 19.3 Å². The minimum absolute atomic E-state index is 0.0141. The number of hydrogen-bond acceptors (Lipinski definition) is 5. The fraction of sp³-hybridized carbons (Fsp3) is 0.481. The lowest BCUT2D eigenvalue weighted by atomic mass is 9.85. The Balaban J connectivity index is 1.86. The van der Waals surface area contributed by atoms with Gasteiger partial charge in [-0.1, -0.05) is 65.8 Å². The van der Waals surface area contributed by atoms with E-state index in [0.717, 1.165) is 21.7 Å². The number of aryl methyl sites for hydroxylation is 1. The largest absolute Gasteiger partial charge is 0.344 e. The summed E-state index contributed by atoms with van der Waals surface area (Å²) in [5, 5.41) is 5.74. The second kappa shape index (κ2) is 10.3. The molecule has 35 heavy (non-hydrogen) atoms. The van der Waals surface area contributed by atoms with E-state index in [9.17, 15) is 14.4 Å². The molecule has 1 aromatic heterocycles. The molecule has 3 rings (SSSR count). The maximum absolute atomic E-state index is 13.4. The molecule has 0 spiro atoms. The van der Waals surface area contributed by atoms with Crippen molar-refractivity contribution in [2.24, 2.45) is 10.8 Å². The summed E-state index contributed by atoms with van der Waals surface area (Å²) < 4.78 is 0. The first-order valence-electron chi connectivity index (χ1n) is 11.8. The lowest BCUT2D eigenvalue weighted by Crippen LogP contribution is -2.49. The Bertz CT molecular complexity index is 1120. The quantitative estimate of drug-likeness (QED) is 0.592. The highest BCUT2D eigenvalue weighted by Gasteiger charge is 2.32. The Morgan fingerprint density at radius 2 is 1.77 bits per heavy atom. The summed E-state index contributed by atoms with van der Waals surface area (Å²) in [7, 11) is 0. The molecule has 7 nitrogen and oxygen atoms in total. The van der Waals surface area contributed by atoms with E-state index in [0.29, 0.717) is 6.42 Å². The van der Waals surface area contributed by atoms with Gasteiger partial charge in [0.15, 0.2) is 0 Å². The minimum atomic E-state index is -0.432. The predicted octanol–water partition coefficient (Wildman–Crippen LogP) is 4.95. The van der Waals surface area contributed by atoms with E-state index in [1.807, 2.05) is 57.5 Å². The molecule has 1 aliphatic rings. The van der Waals surface area contributed by atoms with E-state index in [4.69, 9.17) is 0 Å². The predicted molar refractivity (Wildman–Crippen MR) is 139 cm³/mol. The lowest BCUT2D eigenvalue weighted by Gasteiger charge is -2.32. The van der Waals surface area contributed by atoms with Crippen LogP contribution in [0, 0.1) is 17.8 Å². The van der Waals surface area contributed by atoms with Gasteiger partial charge in [-0.25, -0.2) is 4.98 Å².